The molecule has 5 aromatic rings. The molecule has 156 valence electrons. The van der Waals surface area contributed by atoms with Crippen LogP contribution in [0.2, 0.25) is 0 Å². The van der Waals surface area contributed by atoms with Crippen LogP contribution in [0, 0.1) is 0 Å². The Labute approximate surface area is 206 Å². The highest BCUT2D eigenvalue weighted by molar-refractivity contribution is 5.86. The van der Waals surface area contributed by atoms with Gasteiger partial charge in [-0.25, -0.2) is 0 Å². The molecule has 2 heteroatoms. The van der Waals surface area contributed by atoms with Crippen LogP contribution >= 0.6 is 0 Å². The number of nitrogens with zero attached hydrogens (tertiary/aromatic N) is 1. The van der Waals surface area contributed by atoms with Gasteiger partial charge in [-0.15, -0.1) is 0 Å². The van der Waals surface area contributed by atoms with Gasteiger partial charge in [0.05, 0.1) is 0 Å². The first-order valence-electron chi connectivity index (χ1n) is 10.6. The van der Waals surface area contributed by atoms with Crippen molar-refractivity contribution in [3.8, 4) is 0 Å². The van der Waals surface area contributed by atoms with Crippen molar-refractivity contribution < 1.29 is 28.5 Å². The van der Waals surface area contributed by atoms with E-state index in [-0.39, 0.29) is 24.0 Å². The summed E-state index contributed by atoms with van der Waals surface area (Å²) in [7, 11) is 2.11. The average Bonchev–Trinajstić information content (AvgIpc) is 2.82. The van der Waals surface area contributed by atoms with Crippen molar-refractivity contribution in [2.75, 3.05) is 0 Å². The fourth-order valence-electron chi connectivity index (χ4n) is 3.94. The van der Waals surface area contributed by atoms with E-state index in [4.69, 9.17) is 0 Å². The van der Waals surface area contributed by atoms with Crippen LogP contribution in [0.25, 0.3) is 45.8 Å². The van der Waals surface area contributed by atoms with Gasteiger partial charge in [-0.1, -0.05) is 72.8 Å². The number of hydrogen-bond donors (Lipinski definition) is 0. The summed E-state index contributed by atoms with van der Waals surface area (Å²) in [6.07, 6.45) is 8.71. The summed E-state index contributed by atoms with van der Waals surface area (Å²) < 4.78 is 2.22. The zero-order valence-electron chi connectivity index (χ0n) is 17.9. The van der Waals surface area contributed by atoms with Gasteiger partial charge in [-0.05, 0) is 63.0 Å². The molecule has 0 radical (unpaired) electrons. The van der Waals surface area contributed by atoms with E-state index in [1.807, 2.05) is 0 Å². The third-order valence-corrected chi connectivity index (χ3v) is 5.75. The number of rotatable bonds is 4. The largest absolute Gasteiger partial charge is 1.00 e. The maximum absolute atomic E-state index is 2.23. The molecule has 0 aliphatic rings. The summed E-state index contributed by atoms with van der Waals surface area (Å²) in [4.78, 5) is 0. The van der Waals surface area contributed by atoms with E-state index in [1.54, 1.807) is 0 Å². The first kappa shape index (κ1) is 22.0. The van der Waals surface area contributed by atoms with Gasteiger partial charge in [0.25, 0.3) is 0 Å². The molecule has 0 aliphatic carbocycles. The molecule has 1 aromatic heterocycles. The second-order valence-corrected chi connectivity index (χ2v) is 7.81. The maximum atomic E-state index is 2.23. The number of benzene rings is 4. The van der Waals surface area contributed by atoms with Crippen LogP contribution in [-0.2, 0) is 7.05 Å². The molecular weight excluding hydrogens is 501 g/mol. The highest BCUT2D eigenvalue weighted by atomic mass is 127. The van der Waals surface area contributed by atoms with Crippen molar-refractivity contribution >= 4 is 45.8 Å². The molecule has 0 saturated heterocycles. The first-order chi connectivity index (χ1) is 15.3. The topological polar surface area (TPSA) is 3.88 Å². The molecule has 0 saturated carbocycles. The lowest BCUT2D eigenvalue weighted by atomic mass is 10.1. The Morgan fingerprint density at radius 3 is 1.38 bits per heavy atom. The third-order valence-electron chi connectivity index (χ3n) is 5.75. The third kappa shape index (κ3) is 4.81. The van der Waals surface area contributed by atoms with Gasteiger partial charge >= 0.3 is 0 Å². The van der Waals surface area contributed by atoms with Crippen LogP contribution in [0.1, 0.15) is 22.5 Å². The van der Waals surface area contributed by atoms with Gasteiger partial charge in [0.1, 0.15) is 7.05 Å². The minimum Gasteiger partial charge on any atom is -1.00 e. The lowest BCUT2D eigenvalue weighted by molar-refractivity contribution is -0.675. The van der Waals surface area contributed by atoms with Crippen molar-refractivity contribution in [2.45, 2.75) is 0 Å². The van der Waals surface area contributed by atoms with Crippen molar-refractivity contribution in [1.29, 1.82) is 0 Å². The number of fused-ring (bicyclic) bond motifs is 2. The van der Waals surface area contributed by atoms with E-state index in [0.717, 1.165) is 11.4 Å². The van der Waals surface area contributed by atoms with Crippen molar-refractivity contribution in [3.05, 3.63) is 126 Å². The molecule has 0 bridgehead atoms. The van der Waals surface area contributed by atoms with Crippen molar-refractivity contribution in [1.82, 2.24) is 0 Å². The summed E-state index contributed by atoms with van der Waals surface area (Å²) in [6, 6.07) is 36.5. The molecule has 0 spiro atoms. The SMILES string of the molecule is C[n+]1c(C=Cc2ccc3ccccc3c2)cccc1C=Cc1ccc2ccccc2c1.[I-]. The molecule has 1 heterocycles. The Hall–Kier alpha value is -3.24. The number of halogens is 1. The first-order valence-corrected chi connectivity index (χ1v) is 10.6. The lowest BCUT2D eigenvalue weighted by Crippen LogP contribution is -3.00. The summed E-state index contributed by atoms with van der Waals surface area (Å²) in [5.41, 5.74) is 4.73. The molecule has 0 N–H and O–H groups in total. The molecule has 0 aliphatic heterocycles. The van der Waals surface area contributed by atoms with Crippen molar-refractivity contribution in [2.24, 2.45) is 7.05 Å². The summed E-state index contributed by atoms with van der Waals surface area (Å²) >= 11 is 0. The quantitative estimate of drug-likeness (QED) is 0.245. The second-order valence-electron chi connectivity index (χ2n) is 7.81. The second kappa shape index (κ2) is 9.92. The monoisotopic (exact) mass is 525 g/mol. The number of pyridine rings is 1. The highest BCUT2D eigenvalue weighted by Crippen LogP contribution is 2.18. The highest BCUT2D eigenvalue weighted by Gasteiger charge is 2.07. The standard InChI is InChI=1S/C30H24N.HI/c1-31-29(19-15-23-13-17-25-7-2-4-9-27(25)21-23)11-6-12-30(31)20-16-24-14-18-26-8-3-5-10-28(26)22-24;/h2-22H,1H3;1H/q+1;/p-1. The maximum Gasteiger partial charge on any atom is 0.205 e. The molecule has 0 atom stereocenters. The predicted molar refractivity (Wildman–Crippen MR) is 133 cm³/mol. The fourth-order valence-corrected chi connectivity index (χ4v) is 3.94. The average molecular weight is 525 g/mol. The van der Waals surface area contributed by atoms with E-state index in [9.17, 15) is 0 Å². The van der Waals surface area contributed by atoms with E-state index in [1.165, 1.54) is 32.7 Å². The van der Waals surface area contributed by atoms with Crippen LogP contribution < -0.4 is 28.5 Å². The van der Waals surface area contributed by atoms with Gasteiger partial charge in [-0.3, -0.25) is 0 Å². The fraction of sp³-hybridized carbons (Fsp3) is 0.0333. The zero-order chi connectivity index (χ0) is 21.0. The molecule has 5 rings (SSSR count). The van der Waals surface area contributed by atoms with Gasteiger partial charge < -0.3 is 24.0 Å². The van der Waals surface area contributed by atoms with Crippen LogP contribution in [0.15, 0.2) is 103 Å². The summed E-state index contributed by atoms with van der Waals surface area (Å²) in [5.74, 6) is 0. The molecular formula is C30H24IN. The Kier molecular flexibility index (Phi) is 6.81. The van der Waals surface area contributed by atoms with E-state index in [0.29, 0.717) is 0 Å². The Morgan fingerprint density at radius 2 is 0.906 bits per heavy atom. The molecule has 4 aromatic carbocycles. The summed E-state index contributed by atoms with van der Waals surface area (Å²) in [6.45, 7) is 0. The molecule has 0 amide bonds. The van der Waals surface area contributed by atoms with E-state index < -0.39 is 0 Å². The number of hydrogen-bond acceptors (Lipinski definition) is 0. The Bertz CT molecular complexity index is 1340. The molecule has 0 fully saturated rings. The molecule has 0 unspecified atom stereocenters. The predicted octanol–water partition coefficient (Wildman–Crippen LogP) is 4.16. The van der Waals surface area contributed by atoms with Crippen molar-refractivity contribution in [3.63, 3.8) is 0 Å². The minimum absolute atomic E-state index is 0. The number of aromatic nitrogens is 1. The van der Waals surface area contributed by atoms with E-state index >= 15 is 0 Å². The lowest BCUT2D eigenvalue weighted by Gasteiger charge is -2.01. The summed E-state index contributed by atoms with van der Waals surface area (Å²) in [5, 5.41) is 5.07. The Morgan fingerprint density at radius 1 is 0.469 bits per heavy atom. The van der Waals surface area contributed by atoms with Gasteiger partial charge in [0.15, 0.2) is 0 Å². The van der Waals surface area contributed by atoms with Crippen LogP contribution in [-0.4, -0.2) is 0 Å². The van der Waals surface area contributed by atoms with Gasteiger partial charge in [-0.2, -0.15) is 4.57 Å². The minimum atomic E-state index is 0. The van der Waals surface area contributed by atoms with Gasteiger partial charge in [0.2, 0.25) is 11.4 Å². The Balaban J connectivity index is 0.00000245. The van der Waals surface area contributed by atoms with Crippen LogP contribution in [0.3, 0.4) is 0 Å². The van der Waals surface area contributed by atoms with E-state index in [2.05, 4.69) is 139 Å². The molecule has 1 nitrogen and oxygen atoms in total. The van der Waals surface area contributed by atoms with Gasteiger partial charge in [0, 0.05) is 24.3 Å². The smallest absolute Gasteiger partial charge is 0.205 e. The zero-order valence-corrected chi connectivity index (χ0v) is 20.1. The molecule has 32 heavy (non-hydrogen) atoms. The normalized spacial score (nSPS) is 11.4. The van der Waals surface area contributed by atoms with Crippen LogP contribution in [0.4, 0.5) is 0 Å². The van der Waals surface area contributed by atoms with Crippen LogP contribution in [0.5, 0.6) is 0 Å².